The van der Waals surface area contributed by atoms with Crippen LogP contribution in [-0.2, 0) is 5.41 Å². The largest absolute Gasteiger partial charge is 0.276 e. The third-order valence-corrected chi connectivity index (χ3v) is 11.9. The molecule has 11 rings (SSSR count). The highest BCUT2D eigenvalue weighted by Crippen LogP contribution is 2.64. The van der Waals surface area contributed by atoms with Crippen molar-refractivity contribution in [3.8, 4) is 72.8 Å². The smallest absolute Gasteiger partial charge is 0.205 e. The summed E-state index contributed by atoms with van der Waals surface area (Å²) in [6.07, 6.45) is 6.86. The zero-order valence-electron chi connectivity index (χ0n) is 30.6. The second-order valence-corrected chi connectivity index (χ2v) is 14.8. The number of pyridine rings is 2. The molecule has 2 aliphatic rings. The maximum Gasteiger partial charge on any atom is 0.205 e. The molecule has 1 spiro atoms. The lowest BCUT2D eigenvalue weighted by molar-refractivity contribution is 0.795. The molecule has 0 saturated carbocycles. The fraction of sp³-hybridized carbons (Fsp3) is 0.0189. The molecular formula is C53H30N4. The average Bonchev–Trinajstić information content (AvgIpc) is 3.76. The highest BCUT2D eigenvalue weighted by molar-refractivity contribution is 6.11. The van der Waals surface area contributed by atoms with Crippen molar-refractivity contribution in [1.29, 1.82) is 5.26 Å². The number of fused-ring (bicyclic) bond motifs is 12. The van der Waals surface area contributed by atoms with Crippen molar-refractivity contribution in [3.63, 3.8) is 0 Å². The summed E-state index contributed by atoms with van der Waals surface area (Å²) in [5.74, 6) is 0. The Morgan fingerprint density at radius 2 is 1.04 bits per heavy atom. The van der Waals surface area contributed by atoms with Gasteiger partial charge in [-0.15, -0.1) is 0 Å². The molecule has 7 aromatic carbocycles. The van der Waals surface area contributed by atoms with E-state index in [-0.39, 0.29) is 0 Å². The second kappa shape index (κ2) is 12.6. The summed E-state index contributed by atoms with van der Waals surface area (Å²) in [5, 5.41) is 12.0. The molecule has 0 N–H and O–H groups in total. The lowest BCUT2D eigenvalue weighted by Crippen LogP contribution is -2.26. The summed E-state index contributed by atoms with van der Waals surface area (Å²) in [6, 6.07) is 59.3. The zero-order valence-corrected chi connectivity index (χ0v) is 30.6. The first-order valence-corrected chi connectivity index (χ1v) is 19.0. The van der Waals surface area contributed by atoms with Gasteiger partial charge in [0, 0.05) is 30.4 Å². The lowest BCUT2D eigenvalue weighted by atomic mass is 9.69. The molecule has 57 heavy (non-hydrogen) atoms. The van der Waals surface area contributed by atoms with Crippen LogP contribution in [0.15, 0.2) is 183 Å². The van der Waals surface area contributed by atoms with Gasteiger partial charge in [-0.1, -0.05) is 121 Å². The number of aromatic nitrogens is 2. The standard InChI is InChI=1S/C53H30N4/c1-55-41-25-40(31-57-32-41)36-12-9-13-38(24-36)47-27-51-52(45-17-3-2-14-42(45)47)46-21-20-37(34-10-8-11-35(23-34)39-22-33(28-54)29-56-30-39)26-50(46)53(51)48-18-6-4-15-43(48)44-16-5-7-19-49(44)53/h2-27,29-32H. The molecule has 0 atom stereocenters. The van der Waals surface area contributed by atoms with Gasteiger partial charge in [-0.2, -0.15) is 5.26 Å². The summed E-state index contributed by atoms with van der Waals surface area (Å²) in [4.78, 5) is 12.4. The van der Waals surface area contributed by atoms with E-state index in [0.29, 0.717) is 11.3 Å². The molecule has 0 radical (unpaired) electrons. The van der Waals surface area contributed by atoms with Gasteiger partial charge in [-0.05, 0) is 131 Å². The van der Waals surface area contributed by atoms with Crippen LogP contribution in [0.5, 0.6) is 0 Å². The van der Waals surface area contributed by atoms with Crippen LogP contribution in [0.2, 0.25) is 0 Å². The molecule has 9 aromatic rings. The van der Waals surface area contributed by atoms with E-state index in [1.165, 1.54) is 55.3 Å². The van der Waals surface area contributed by atoms with Gasteiger partial charge in [-0.3, -0.25) is 9.97 Å². The summed E-state index contributed by atoms with van der Waals surface area (Å²) < 4.78 is 0. The Bertz CT molecular complexity index is 3190. The predicted molar refractivity (Wildman–Crippen MR) is 229 cm³/mol. The maximum atomic E-state index is 9.57. The van der Waals surface area contributed by atoms with Gasteiger partial charge in [0.15, 0.2) is 0 Å². The summed E-state index contributed by atoms with van der Waals surface area (Å²) in [6.45, 7) is 7.57. The molecule has 2 aromatic heterocycles. The van der Waals surface area contributed by atoms with Crippen molar-refractivity contribution in [2.24, 2.45) is 0 Å². The summed E-state index contributed by atoms with van der Waals surface area (Å²) >= 11 is 0. The number of nitrogens with zero attached hydrogens (tertiary/aromatic N) is 4. The maximum absolute atomic E-state index is 9.57. The van der Waals surface area contributed by atoms with Crippen LogP contribution in [0.1, 0.15) is 27.8 Å². The number of rotatable bonds is 4. The minimum atomic E-state index is -0.569. The van der Waals surface area contributed by atoms with Gasteiger partial charge in [0.1, 0.15) is 6.07 Å². The zero-order chi connectivity index (χ0) is 38.1. The van der Waals surface area contributed by atoms with Gasteiger partial charge >= 0.3 is 0 Å². The van der Waals surface area contributed by atoms with E-state index in [4.69, 9.17) is 6.57 Å². The molecule has 4 heteroatoms. The minimum Gasteiger partial charge on any atom is -0.276 e. The van der Waals surface area contributed by atoms with Gasteiger partial charge in [0.25, 0.3) is 0 Å². The first-order valence-electron chi connectivity index (χ1n) is 19.0. The SMILES string of the molecule is [C-]#[N+]c1cncc(-c2cccc(-c3cc4c(c5ccccc35)-c3ccc(-c5cccc(-c6cncc(C#N)c6)c5)cc3C43c4ccccc4-c4ccccc43)c2)c1. The summed E-state index contributed by atoms with van der Waals surface area (Å²) in [7, 11) is 0. The lowest BCUT2D eigenvalue weighted by Gasteiger charge is -2.31. The van der Waals surface area contributed by atoms with Gasteiger partial charge in [-0.25, -0.2) is 4.85 Å². The highest BCUT2D eigenvalue weighted by atomic mass is 14.7. The monoisotopic (exact) mass is 722 g/mol. The summed E-state index contributed by atoms with van der Waals surface area (Å²) in [5.41, 5.74) is 19.0. The van der Waals surface area contributed by atoms with E-state index in [9.17, 15) is 5.26 Å². The van der Waals surface area contributed by atoms with E-state index in [1.807, 2.05) is 24.5 Å². The van der Waals surface area contributed by atoms with Crippen LogP contribution in [-0.4, -0.2) is 9.97 Å². The normalized spacial score (nSPS) is 12.7. The van der Waals surface area contributed by atoms with Gasteiger partial charge in [0.05, 0.1) is 17.6 Å². The topological polar surface area (TPSA) is 53.9 Å². The van der Waals surface area contributed by atoms with Crippen LogP contribution >= 0.6 is 0 Å². The van der Waals surface area contributed by atoms with Crippen LogP contribution in [0, 0.1) is 17.9 Å². The van der Waals surface area contributed by atoms with E-state index in [2.05, 4.69) is 166 Å². The third kappa shape index (κ3) is 4.78. The molecule has 0 bridgehead atoms. The van der Waals surface area contributed by atoms with Crippen LogP contribution in [0.4, 0.5) is 5.69 Å². The van der Waals surface area contributed by atoms with E-state index < -0.39 is 5.41 Å². The van der Waals surface area contributed by atoms with Crippen molar-refractivity contribution < 1.29 is 0 Å². The van der Waals surface area contributed by atoms with Crippen LogP contribution in [0.3, 0.4) is 0 Å². The van der Waals surface area contributed by atoms with E-state index in [0.717, 1.165) is 44.5 Å². The molecule has 2 heterocycles. The van der Waals surface area contributed by atoms with Crippen molar-refractivity contribution in [1.82, 2.24) is 9.97 Å². The molecule has 0 aliphatic heterocycles. The van der Waals surface area contributed by atoms with Crippen LogP contribution < -0.4 is 0 Å². The van der Waals surface area contributed by atoms with Gasteiger partial charge in [0.2, 0.25) is 5.69 Å². The van der Waals surface area contributed by atoms with Crippen molar-refractivity contribution in [3.05, 3.63) is 222 Å². The quantitative estimate of drug-likeness (QED) is 0.170. The molecule has 4 nitrogen and oxygen atoms in total. The Balaban J connectivity index is 1.19. The number of hydrogen-bond donors (Lipinski definition) is 0. The number of benzene rings is 7. The first-order chi connectivity index (χ1) is 28.1. The Hall–Kier alpha value is -7.92. The van der Waals surface area contributed by atoms with Crippen molar-refractivity contribution in [2.45, 2.75) is 5.41 Å². The first kappa shape index (κ1) is 32.5. The van der Waals surface area contributed by atoms with E-state index in [1.54, 1.807) is 12.4 Å². The number of nitriles is 1. The molecule has 0 fully saturated rings. The predicted octanol–water partition coefficient (Wildman–Crippen LogP) is 13.1. The highest BCUT2D eigenvalue weighted by Gasteiger charge is 2.52. The Kier molecular flexibility index (Phi) is 7.17. The van der Waals surface area contributed by atoms with Crippen LogP contribution in [0.25, 0.3) is 82.4 Å². The molecule has 0 unspecified atom stereocenters. The Labute approximate surface area is 330 Å². The number of hydrogen-bond acceptors (Lipinski definition) is 3. The third-order valence-electron chi connectivity index (χ3n) is 11.9. The molecule has 0 amide bonds. The van der Waals surface area contributed by atoms with Crippen molar-refractivity contribution in [2.75, 3.05) is 0 Å². The molecule has 0 saturated heterocycles. The molecule has 262 valence electrons. The minimum absolute atomic E-state index is 0.524. The Morgan fingerprint density at radius 3 is 1.75 bits per heavy atom. The fourth-order valence-electron chi connectivity index (χ4n) is 9.46. The van der Waals surface area contributed by atoms with Gasteiger partial charge < -0.3 is 0 Å². The van der Waals surface area contributed by atoms with Crippen molar-refractivity contribution >= 4 is 16.5 Å². The Morgan fingerprint density at radius 1 is 0.439 bits per heavy atom. The molecular weight excluding hydrogens is 693 g/mol. The van der Waals surface area contributed by atoms with E-state index >= 15 is 0 Å². The fourth-order valence-corrected chi connectivity index (χ4v) is 9.46. The molecule has 2 aliphatic carbocycles. The average molecular weight is 723 g/mol. The second-order valence-electron chi connectivity index (χ2n) is 14.8.